The van der Waals surface area contributed by atoms with Gasteiger partial charge < -0.3 is 20.1 Å². The number of nitrogens with one attached hydrogen (secondary N) is 2. The van der Waals surface area contributed by atoms with Crippen LogP contribution in [-0.4, -0.2) is 24.2 Å². The van der Waals surface area contributed by atoms with E-state index in [9.17, 15) is 4.39 Å². The van der Waals surface area contributed by atoms with Crippen LogP contribution in [0.15, 0.2) is 48.7 Å². The quantitative estimate of drug-likeness (QED) is 0.647. The van der Waals surface area contributed by atoms with E-state index in [-0.39, 0.29) is 5.82 Å². The lowest BCUT2D eigenvalue weighted by Crippen LogP contribution is -2.02. The monoisotopic (exact) mass is 374 g/mol. The number of halogens is 2. The molecule has 3 rings (SSSR count). The SMILES string of the molecule is COc1cc(Nc2nccc(Nc3cccc(F)c3)n2)c(OC)cc1Cl. The van der Waals surface area contributed by atoms with Gasteiger partial charge in [0.15, 0.2) is 0 Å². The standard InChI is InChI=1S/C18H16ClFN4O2/c1-25-15-10-14(16(26-2)9-13(15)19)23-18-21-7-6-17(24-18)22-12-5-3-4-11(20)8-12/h3-10H,1-2H3,(H2,21,22,23,24). The van der Waals surface area contributed by atoms with Crippen LogP contribution in [0, 0.1) is 5.82 Å². The van der Waals surface area contributed by atoms with E-state index in [1.807, 2.05) is 0 Å². The van der Waals surface area contributed by atoms with Gasteiger partial charge in [-0.2, -0.15) is 4.98 Å². The van der Waals surface area contributed by atoms with Crippen molar-refractivity contribution < 1.29 is 13.9 Å². The van der Waals surface area contributed by atoms with Gasteiger partial charge in [-0.15, -0.1) is 0 Å². The number of rotatable bonds is 6. The zero-order valence-corrected chi connectivity index (χ0v) is 14.8. The van der Waals surface area contributed by atoms with Gasteiger partial charge in [-0.3, -0.25) is 0 Å². The van der Waals surface area contributed by atoms with Gasteiger partial charge >= 0.3 is 0 Å². The lowest BCUT2D eigenvalue weighted by Gasteiger charge is -2.13. The predicted molar refractivity (Wildman–Crippen MR) is 99.6 cm³/mol. The van der Waals surface area contributed by atoms with Crippen LogP contribution in [0.3, 0.4) is 0 Å². The van der Waals surface area contributed by atoms with Crippen LogP contribution in [0.4, 0.5) is 27.5 Å². The Morgan fingerprint density at radius 1 is 1.00 bits per heavy atom. The topological polar surface area (TPSA) is 68.3 Å². The summed E-state index contributed by atoms with van der Waals surface area (Å²) in [5.41, 5.74) is 1.18. The molecule has 0 atom stereocenters. The molecule has 0 saturated carbocycles. The van der Waals surface area contributed by atoms with Gasteiger partial charge in [-0.1, -0.05) is 17.7 Å². The predicted octanol–water partition coefficient (Wildman–Crippen LogP) is 4.77. The number of methoxy groups -OCH3 is 2. The fraction of sp³-hybridized carbons (Fsp3) is 0.111. The Hall–Kier alpha value is -3.06. The molecule has 26 heavy (non-hydrogen) atoms. The highest BCUT2D eigenvalue weighted by Gasteiger charge is 2.11. The van der Waals surface area contributed by atoms with Crippen molar-refractivity contribution in [2.75, 3.05) is 24.9 Å². The van der Waals surface area contributed by atoms with E-state index in [2.05, 4.69) is 20.6 Å². The van der Waals surface area contributed by atoms with E-state index >= 15 is 0 Å². The summed E-state index contributed by atoms with van der Waals surface area (Å²) in [6, 6.07) is 11.1. The third-order valence-corrected chi connectivity index (χ3v) is 3.77. The van der Waals surface area contributed by atoms with Crippen molar-refractivity contribution in [3.63, 3.8) is 0 Å². The Morgan fingerprint density at radius 3 is 2.54 bits per heavy atom. The molecule has 0 aliphatic carbocycles. The molecule has 0 aliphatic heterocycles. The largest absolute Gasteiger partial charge is 0.495 e. The van der Waals surface area contributed by atoms with Gasteiger partial charge in [0.2, 0.25) is 5.95 Å². The van der Waals surface area contributed by atoms with Crippen molar-refractivity contribution >= 4 is 34.7 Å². The summed E-state index contributed by atoms with van der Waals surface area (Å²) in [5.74, 6) is 1.51. The first-order chi connectivity index (χ1) is 12.6. The first-order valence-electron chi connectivity index (χ1n) is 7.63. The molecule has 0 amide bonds. The number of ether oxygens (including phenoxy) is 2. The molecule has 0 bridgehead atoms. The Bertz CT molecular complexity index is 923. The second-order valence-electron chi connectivity index (χ2n) is 5.21. The van der Waals surface area contributed by atoms with Crippen LogP contribution in [0.2, 0.25) is 5.02 Å². The minimum absolute atomic E-state index is 0.328. The maximum atomic E-state index is 13.3. The highest BCUT2D eigenvalue weighted by Crippen LogP contribution is 2.36. The second-order valence-corrected chi connectivity index (χ2v) is 5.62. The van der Waals surface area contributed by atoms with Crippen molar-refractivity contribution in [2.45, 2.75) is 0 Å². The summed E-state index contributed by atoms with van der Waals surface area (Å²) in [6.45, 7) is 0. The Morgan fingerprint density at radius 2 is 1.81 bits per heavy atom. The minimum atomic E-state index is -0.333. The number of anilines is 4. The average Bonchev–Trinajstić information content (AvgIpc) is 2.63. The van der Waals surface area contributed by atoms with Crippen molar-refractivity contribution in [3.05, 3.63) is 59.5 Å². The summed E-state index contributed by atoms with van der Waals surface area (Å²) in [6.07, 6.45) is 1.58. The van der Waals surface area contributed by atoms with Crippen LogP contribution in [0.1, 0.15) is 0 Å². The molecule has 0 spiro atoms. The molecule has 2 N–H and O–H groups in total. The first-order valence-corrected chi connectivity index (χ1v) is 8.01. The van der Waals surface area contributed by atoms with Gasteiger partial charge in [0.25, 0.3) is 0 Å². The van der Waals surface area contributed by atoms with Crippen molar-refractivity contribution in [1.29, 1.82) is 0 Å². The van der Waals surface area contributed by atoms with E-state index in [1.165, 1.54) is 26.4 Å². The average molecular weight is 375 g/mol. The number of nitrogens with zero attached hydrogens (tertiary/aromatic N) is 2. The zero-order chi connectivity index (χ0) is 18.5. The third-order valence-electron chi connectivity index (χ3n) is 3.47. The fourth-order valence-electron chi connectivity index (χ4n) is 2.28. The van der Waals surface area contributed by atoms with Gasteiger partial charge in [-0.25, -0.2) is 9.37 Å². The first kappa shape index (κ1) is 17.8. The van der Waals surface area contributed by atoms with Crippen LogP contribution < -0.4 is 20.1 Å². The summed E-state index contributed by atoms with van der Waals surface area (Å²) in [5, 5.41) is 6.51. The summed E-state index contributed by atoms with van der Waals surface area (Å²) in [4.78, 5) is 8.54. The highest BCUT2D eigenvalue weighted by molar-refractivity contribution is 6.32. The number of benzene rings is 2. The highest BCUT2D eigenvalue weighted by atomic mass is 35.5. The van der Waals surface area contributed by atoms with E-state index in [0.29, 0.717) is 39.7 Å². The zero-order valence-electron chi connectivity index (χ0n) is 14.1. The van der Waals surface area contributed by atoms with E-state index in [1.54, 1.807) is 36.5 Å². The molecule has 6 nitrogen and oxygen atoms in total. The Kier molecular flexibility index (Phi) is 5.38. The number of hydrogen-bond donors (Lipinski definition) is 2. The van der Waals surface area contributed by atoms with Crippen molar-refractivity contribution in [3.8, 4) is 11.5 Å². The molecule has 0 fully saturated rings. The van der Waals surface area contributed by atoms with Gasteiger partial charge in [0, 0.05) is 24.0 Å². The molecule has 3 aromatic rings. The fourth-order valence-corrected chi connectivity index (χ4v) is 2.51. The lowest BCUT2D eigenvalue weighted by atomic mass is 10.2. The van der Waals surface area contributed by atoms with Gasteiger partial charge in [-0.05, 0) is 24.3 Å². The molecular weight excluding hydrogens is 359 g/mol. The summed E-state index contributed by atoms with van der Waals surface area (Å²) < 4.78 is 23.8. The summed E-state index contributed by atoms with van der Waals surface area (Å²) in [7, 11) is 3.06. The lowest BCUT2D eigenvalue weighted by molar-refractivity contribution is 0.405. The number of aromatic nitrogens is 2. The molecule has 1 aromatic heterocycles. The molecule has 8 heteroatoms. The second kappa shape index (κ2) is 7.88. The smallest absolute Gasteiger partial charge is 0.229 e. The van der Waals surface area contributed by atoms with E-state index in [0.717, 1.165) is 0 Å². The third kappa shape index (κ3) is 4.12. The molecule has 0 saturated heterocycles. The Labute approximate surface area is 155 Å². The van der Waals surface area contributed by atoms with Crippen LogP contribution in [0.5, 0.6) is 11.5 Å². The molecule has 0 radical (unpaired) electrons. The molecule has 134 valence electrons. The molecule has 2 aromatic carbocycles. The van der Waals surface area contributed by atoms with E-state index in [4.69, 9.17) is 21.1 Å². The number of hydrogen-bond acceptors (Lipinski definition) is 6. The van der Waals surface area contributed by atoms with Crippen molar-refractivity contribution in [1.82, 2.24) is 9.97 Å². The van der Waals surface area contributed by atoms with Crippen LogP contribution in [0.25, 0.3) is 0 Å². The maximum absolute atomic E-state index is 13.3. The van der Waals surface area contributed by atoms with Gasteiger partial charge in [0.05, 0.1) is 24.9 Å². The van der Waals surface area contributed by atoms with Crippen LogP contribution in [-0.2, 0) is 0 Å². The molecule has 0 unspecified atom stereocenters. The van der Waals surface area contributed by atoms with Crippen LogP contribution >= 0.6 is 11.6 Å². The molecule has 1 heterocycles. The normalized spacial score (nSPS) is 10.3. The van der Waals surface area contributed by atoms with Crippen molar-refractivity contribution in [2.24, 2.45) is 0 Å². The Balaban J connectivity index is 1.85. The maximum Gasteiger partial charge on any atom is 0.229 e. The minimum Gasteiger partial charge on any atom is -0.495 e. The molecule has 0 aliphatic rings. The summed E-state index contributed by atoms with van der Waals surface area (Å²) >= 11 is 6.11. The molecular formula is C18H16ClFN4O2. The van der Waals surface area contributed by atoms with E-state index < -0.39 is 0 Å². The van der Waals surface area contributed by atoms with Gasteiger partial charge in [0.1, 0.15) is 23.1 Å².